The molecule has 0 aliphatic heterocycles. The van der Waals surface area contributed by atoms with Crippen LogP contribution in [0.1, 0.15) is 52.1 Å². The molecule has 4 nitrogen and oxygen atoms in total. The van der Waals surface area contributed by atoms with Gasteiger partial charge in [0.2, 0.25) is 0 Å². The molecule has 1 aliphatic rings. The van der Waals surface area contributed by atoms with Crippen molar-refractivity contribution in [3.05, 3.63) is 17.8 Å². The predicted octanol–water partition coefficient (Wildman–Crippen LogP) is 2.99. The Kier molecular flexibility index (Phi) is 5.77. The average molecular weight is 276 g/mol. The Bertz CT molecular complexity index is 382. The molecule has 2 rings (SSSR count). The van der Waals surface area contributed by atoms with Crippen LogP contribution in [0.3, 0.4) is 0 Å². The number of rotatable bonds is 7. The third-order valence-corrected chi connectivity index (χ3v) is 3.88. The molecule has 0 amide bonds. The summed E-state index contributed by atoms with van der Waals surface area (Å²) in [6, 6.07) is 4.90. The quantitative estimate of drug-likeness (QED) is 0.831. The van der Waals surface area contributed by atoms with Gasteiger partial charge in [-0.05, 0) is 37.4 Å². The summed E-state index contributed by atoms with van der Waals surface area (Å²) in [5, 5.41) is 12.1. The Balaban J connectivity index is 2.07. The monoisotopic (exact) mass is 276 g/mol. The molecule has 0 aromatic carbocycles. The Hall–Kier alpha value is -1.16. The Labute approximate surface area is 123 Å². The molecular formula is C16H28N4. The highest BCUT2D eigenvalue weighted by Crippen LogP contribution is 2.27. The summed E-state index contributed by atoms with van der Waals surface area (Å²) in [5.74, 6) is 1.70. The average Bonchev–Trinajstić information content (AvgIpc) is 2.97. The SMILES string of the molecule is CCNCc1ccc(N(CC(C)C)C2CCCC2)nn1. The minimum absolute atomic E-state index is 0.652. The molecule has 20 heavy (non-hydrogen) atoms. The lowest BCUT2D eigenvalue weighted by Crippen LogP contribution is -2.37. The van der Waals surface area contributed by atoms with Crippen molar-refractivity contribution in [2.75, 3.05) is 18.0 Å². The van der Waals surface area contributed by atoms with E-state index < -0.39 is 0 Å². The van der Waals surface area contributed by atoms with Crippen LogP contribution < -0.4 is 10.2 Å². The molecular weight excluding hydrogens is 248 g/mol. The van der Waals surface area contributed by atoms with E-state index in [0.717, 1.165) is 31.1 Å². The van der Waals surface area contributed by atoms with Crippen molar-refractivity contribution in [3.63, 3.8) is 0 Å². The highest BCUT2D eigenvalue weighted by atomic mass is 15.3. The van der Waals surface area contributed by atoms with Crippen LogP contribution in [0, 0.1) is 5.92 Å². The topological polar surface area (TPSA) is 41.0 Å². The second-order valence-electron chi connectivity index (χ2n) is 6.15. The Morgan fingerprint density at radius 1 is 1.25 bits per heavy atom. The lowest BCUT2D eigenvalue weighted by atomic mass is 10.1. The van der Waals surface area contributed by atoms with E-state index in [0.29, 0.717) is 12.0 Å². The minimum Gasteiger partial charge on any atom is -0.352 e. The molecule has 1 aliphatic carbocycles. The van der Waals surface area contributed by atoms with Crippen LogP contribution in [0.5, 0.6) is 0 Å². The first kappa shape index (κ1) is 15.2. The summed E-state index contributed by atoms with van der Waals surface area (Å²) in [5.41, 5.74) is 1.02. The molecule has 1 N–H and O–H groups in total. The minimum atomic E-state index is 0.652. The van der Waals surface area contributed by atoms with Gasteiger partial charge in [-0.15, -0.1) is 5.10 Å². The molecule has 4 heteroatoms. The summed E-state index contributed by atoms with van der Waals surface area (Å²) in [7, 11) is 0. The van der Waals surface area contributed by atoms with Crippen molar-refractivity contribution < 1.29 is 0 Å². The zero-order valence-electron chi connectivity index (χ0n) is 13.1. The van der Waals surface area contributed by atoms with Gasteiger partial charge in [-0.2, -0.15) is 5.10 Å². The maximum Gasteiger partial charge on any atom is 0.151 e. The zero-order valence-corrected chi connectivity index (χ0v) is 13.1. The zero-order chi connectivity index (χ0) is 14.4. The van der Waals surface area contributed by atoms with Crippen LogP contribution in [0.25, 0.3) is 0 Å². The molecule has 1 heterocycles. The molecule has 0 saturated heterocycles. The summed E-state index contributed by atoms with van der Waals surface area (Å²) < 4.78 is 0. The lowest BCUT2D eigenvalue weighted by molar-refractivity contribution is 0.528. The van der Waals surface area contributed by atoms with E-state index in [-0.39, 0.29) is 0 Å². The number of nitrogens with one attached hydrogen (secondary N) is 1. The fourth-order valence-electron chi connectivity index (χ4n) is 2.89. The molecule has 0 atom stereocenters. The second-order valence-corrected chi connectivity index (χ2v) is 6.15. The molecule has 1 aromatic heterocycles. The van der Waals surface area contributed by atoms with Gasteiger partial charge in [0.05, 0.1) is 5.69 Å². The van der Waals surface area contributed by atoms with Crippen LogP contribution in [-0.2, 0) is 6.54 Å². The smallest absolute Gasteiger partial charge is 0.151 e. The molecule has 112 valence electrons. The first-order valence-electron chi connectivity index (χ1n) is 8.00. The van der Waals surface area contributed by atoms with Crippen LogP contribution in [0.4, 0.5) is 5.82 Å². The summed E-state index contributed by atoms with van der Waals surface area (Å²) in [6.07, 6.45) is 5.30. The first-order valence-corrected chi connectivity index (χ1v) is 8.00. The van der Waals surface area contributed by atoms with E-state index in [1.54, 1.807) is 0 Å². The summed E-state index contributed by atoms with van der Waals surface area (Å²) >= 11 is 0. The highest BCUT2D eigenvalue weighted by Gasteiger charge is 2.24. The standard InChI is InChI=1S/C16H28N4/c1-4-17-11-14-9-10-16(19-18-14)20(12-13(2)3)15-7-5-6-8-15/h9-10,13,15,17H,4-8,11-12H2,1-3H3. The van der Waals surface area contributed by atoms with Crippen LogP contribution in [-0.4, -0.2) is 29.3 Å². The van der Waals surface area contributed by atoms with Crippen molar-refractivity contribution in [3.8, 4) is 0 Å². The van der Waals surface area contributed by atoms with Gasteiger partial charge in [-0.25, -0.2) is 0 Å². The van der Waals surface area contributed by atoms with Crippen molar-refractivity contribution in [1.82, 2.24) is 15.5 Å². The van der Waals surface area contributed by atoms with Gasteiger partial charge in [-0.1, -0.05) is 33.6 Å². The van der Waals surface area contributed by atoms with E-state index in [1.807, 2.05) is 0 Å². The third kappa shape index (κ3) is 4.17. The Morgan fingerprint density at radius 2 is 2.00 bits per heavy atom. The van der Waals surface area contributed by atoms with Gasteiger partial charge < -0.3 is 10.2 Å². The predicted molar refractivity (Wildman–Crippen MR) is 83.9 cm³/mol. The molecule has 0 radical (unpaired) electrons. The molecule has 1 saturated carbocycles. The Morgan fingerprint density at radius 3 is 2.55 bits per heavy atom. The fourth-order valence-corrected chi connectivity index (χ4v) is 2.89. The van der Waals surface area contributed by atoms with E-state index in [1.165, 1.54) is 25.7 Å². The van der Waals surface area contributed by atoms with Crippen molar-refractivity contribution in [2.24, 2.45) is 5.92 Å². The normalized spacial score (nSPS) is 16.0. The van der Waals surface area contributed by atoms with Crippen LogP contribution >= 0.6 is 0 Å². The molecule has 0 unspecified atom stereocenters. The number of nitrogens with zero attached hydrogens (tertiary/aromatic N) is 3. The van der Waals surface area contributed by atoms with Crippen LogP contribution in [0.15, 0.2) is 12.1 Å². The van der Waals surface area contributed by atoms with E-state index >= 15 is 0 Å². The summed E-state index contributed by atoms with van der Waals surface area (Å²) in [4.78, 5) is 2.47. The lowest BCUT2D eigenvalue weighted by Gasteiger charge is -2.31. The van der Waals surface area contributed by atoms with Crippen molar-refractivity contribution in [1.29, 1.82) is 0 Å². The van der Waals surface area contributed by atoms with Gasteiger partial charge in [0.15, 0.2) is 5.82 Å². The number of anilines is 1. The molecule has 0 bridgehead atoms. The van der Waals surface area contributed by atoms with E-state index in [4.69, 9.17) is 0 Å². The fraction of sp³-hybridized carbons (Fsp3) is 0.750. The van der Waals surface area contributed by atoms with Gasteiger partial charge >= 0.3 is 0 Å². The molecule has 0 spiro atoms. The maximum absolute atomic E-state index is 4.47. The molecule has 1 fully saturated rings. The van der Waals surface area contributed by atoms with Crippen LogP contribution in [0.2, 0.25) is 0 Å². The van der Waals surface area contributed by atoms with Gasteiger partial charge in [0, 0.05) is 19.1 Å². The van der Waals surface area contributed by atoms with Crippen molar-refractivity contribution >= 4 is 5.82 Å². The third-order valence-electron chi connectivity index (χ3n) is 3.88. The van der Waals surface area contributed by atoms with Crippen molar-refractivity contribution in [2.45, 2.75) is 59.0 Å². The molecule has 1 aromatic rings. The number of hydrogen-bond donors (Lipinski definition) is 1. The van der Waals surface area contributed by atoms with Gasteiger partial charge in [-0.3, -0.25) is 0 Å². The summed E-state index contributed by atoms with van der Waals surface area (Å²) in [6.45, 7) is 9.49. The second kappa shape index (κ2) is 7.58. The van der Waals surface area contributed by atoms with Gasteiger partial charge in [0.25, 0.3) is 0 Å². The first-order chi connectivity index (χ1) is 9.70. The van der Waals surface area contributed by atoms with E-state index in [9.17, 15) is 0 Å². The highest BCUT2D eigenvalue weighted by molar-refractivity contribution is 5.39. The largest absolute Gasteiger partial charge is 0.352 e. The van der Waals surface area contributed by atoms with E-state index in [2.05, 4.69) is 53.3 Å². The maximum atomic E-state index is 4.47. The number of aromatic nitrogens is 2. The van der Waals surface area contributed by atoms with Gasteiger partial charge in [0.1, 0.15) is 0 Å². The number of hydrogen-bond acceptors (Lipinski definition) is 4.